The summed E-state index contributed by atoms with van der Waals surface area (Å²) in [5.41, 5.74) is 7.26. The highest BCUT2D eigenvalue weighted by Crippen LogP contribution is 2.36. The number of phenols is 2. The largest absolute Gasteiger partial charge is 0.508 e. The number of nitrogens with zero attached hydrogens (tertiary/aromatic N) is 3. The van der Waals surface area contributed by atoms with Crippen molar-refractivity contribution in [2.45, 2.75) is 44.1 Å². The number of hydrogen-bond donors (Lipinski definition) is 4. The number of nitrogen functional groups attached to an aromatic ring is 1. The molecule has 5 N–H and O–H groups in total. The fourth-order valence-corrected chi connectivity index (χ4v) is 3.59. The number of phenolic OH excluding ortho intramolecular Hbond substituents is 2. The van der Waals surface area contributed by atoms with Gasteiger partial charge in [0.25, 0.3) is 0 Å². The van der Waals surface area contributed by atoms with Crippen molar-refractivity contribution in [1.82, 2.24) is 15.3 Å². The van der Waals surface area contributed by atoms with E-state index in [-0.39, 0.29) is 29.1 Å². The minimum atomic E-state index is -0.0472. The Labute approximate surface area is 152 Å². The van der Waals surface area contributed by atoms with E-state index in [4.69, 9.17) is 5.73 Å². The van der Waals surface area contributed by atoms with Crippen LogP contribution in [0.25, 0.3) is 11.4 Å². The highest BCUT2D eigenvalue weighted by atomic mass is 16.3. The van der Waals surface area contributed by atoms with Gasteiger partial charge in [-0.3, -0.25) is 0 Å². The lowest BCUT2D eigenvalue weighted by Crippen LogP contribution is -2.23. The van der Waals surface area contributed by atoms with Gasteiger partial charge in [-0.2, -0.15) is 5.26 Å². The maximum Gasteiger partial charge on any atom is 0.165 e. The number of rotatable bonds is 3. The van der Waals surface area contributed by atoms with Crippen LogP contribution in [0.4, 0.5) is 5.82 Å². The van der Waals surface area contributed by atoms with Crippen LogP contribution in [0.15, 0.2) is 18.2 Å². The summed E-state index contributed by atoms with van der Waals surface area (Å²) < 4.78 is 0. The van der Waals surface area contributed by atoms with Crippen molar-refractivity contribution >= 4 is 5.82 Å². The molecule has 0 bridgehead atoms. The fourth-order valence-electron chi connectivity index (χ4n) is 3.59. The van der Waals surface area contributed by atoms with Gasteiger partial charge in [0.15, 0.2) is 5.82 Å². The highest BCUT2D eigenvalue weighted by molar-refractivity contribution is 5.68. The number of hydrogen-bond acceptors (Lipinski definition) is 7. The van der Waals surface area contributed by atoms with Gasteiger partial charge in [-0.15, -0.1) is 0 Å². The monoisotopic (exact) mass is 353 g/mol. The highest BCUT2D eigenvalue weighted by Gasteiger charge is 2.25. The van der Waals surface area contributed by atoms with Gasteiger partial charge in [-0.1, -0.05) is 6.42 Å². The van der Waals surface area contributed by atoms with E-state index in [1.54, 1.807) is 0 Å². The van der Waals surface area contributed by atoms with Crippen molar-refractivity contribution in [2.24, 2.45) is 0 Å². The molecule has 1 heterocycles. The van der Waals surface area contributed by atoms with Crippen LogP contribution in [-0.2, 0) is 0 Å². The number of nitriles is 1. The molecule has 1 aromatic carbocycles. The van der Waals surface area contributed by atoms with Gasteiger partial charge >= 0.3 is 0 Å². The zero-order chi connectivity index (χ0) is 18.7. The first-order chi connectivity index (χ1) is 12.5. The Balaban J connectivity index is 2.05. The van der Waals surface area contributed by atoms with Crippen molar-refractivity contribution in [3.05, 3.63) is 29.5 Å². The van der Waals surface area contributed by atoms with E-state index in [0.717, 1.165) is 32.1 Å². The Kier molecular flexibility index (Phi) is 5.24. The average molecular weight is 353 g/mol. The van der Waals surface area contributed by atoms with E-state index in [2.05, 4.69) is 21.4 Å². The molecule has 0 radical (unpaired) electrons. The molecule has 1 aliphatic rings. The number of nitrogens with two attached hydrogens (primary N) is 1. The Hall–Kier alpha value is -2.85. The summed E-state index contributed by atoms with van der Waals surface area (Å²) in [6, 6.07) is 6.76. The molecule has 2 atom stereocenters. The van der Waals surface area contributed by atoms with Crippen LogP contribution in [0, 0.1) is 11.3 Å². The van der Waals surface area contributed by atoms with Crippen molar-refractivity contribution in [2.75, 3.05) is 12.8 Å². The van der Waals surface area contributed by atoms with Gasteiger partial charge in [-0.25, -0.2) is 9.97 Å². The van der Waals surface area contributed by atoms with Gasteiger partial charge in [0.2, 0.25) is 0 Å². The summed E-state index contributed by atoms with van der Waals surface area (Å²) in [6.07, 6.45) is 4.97. The van der Waals surface area contributed by atoms with Crippen LogP contribution in [0.5, 0.6) is 11.5 Å². The number of benzene rings is 1. The molecule has 0 amide bonds. The molecular weight excluding hydrogens is 330 g/mol. The number of anilines is 1. The molecule has 3 rings (SSSR count). The minimum Gasteiger partial charge on any atom is -0.508 e. The first kappa shape index (κ1) is 18.0. The predicted molar refractivity (Wildman–Crippen MR) is 98.6 cm³/mol. The van der Waals surface area contributed by atoms with Crippen LogP contribution < -0.4 is 11.1 Å². The zero-order valence-electron chi connectivity index (χ0n) is 14.7. The molecule has 2 aromatic rings. The van der Waals surface area contributed by atoms with Crippen molar-refractivity contribution < 1.29 is 10.2 Å². The molecule has 0 saturated heterocycles. The summed E-state index contributed by atoms with van der Waals surface area (Å²) in [5, 5.41) is 32.7. The van der Waals surface area contributed by atoms with Crippen molar-refractivity contribution in [1.29, 1.82) is 5.26 Å². The Morgan fingerprint density at radius 2 is 2.00 bits per heavy atom. The van der Waals surface area contributed by atoms with E-state index >= 15 is 0 Å². The molecule has 7 nitrogen and oxygen atoms in total. The second-order valence-electron chi connectivity index (χ2n) is 6.70. The Morgan fingerprint density at radius 1 is 1.19 bits per heavy atom. The van der Waals surface area contributed by atoms with Gasteiger partial charge in [0.05, 0.1) is 11.3 Å². The number of aromatic nitrogens is 2. The maximum atomic E-state index is 10.1. The molecule has 0 aliphatic heterocycles. The van der Waals surface area contributed by atoms with Crippen molar-refractivity contribution in [3.63, 3.8) is 0 Å². The first-order valence-electron chi connectivity index (χ1n) is 8.80. The van der Waals surface area contributed by atoms with Crippen LogP contribution in [0.3, 0.4) is 0 Å². The molecule has 1 fully saturated rings. The minimum absolute atomic E-state index is 0.00258. The summed E-state index contributed by atoms with van der Waals surface area (Å²) in [5.74, 6) is 0.390. The molecule has 1 aliphatic carbocycles. The SMILES string of the molecule is CNC1CCCC(c2nc(-c3cc(O)ccc3O)nc(N)c2C#N)CC1. The molecule has 7 heteroatoms. The Morgan fingerprint density at radius 3 is 2.73 bits per heavy atom. The summed E-state index contributed by atoms with van der Waals surface area (Å²) in [4.78, 5) is 8.77. The summed E-state index contributed by atoms with van der Waals surface area (Å²) in [7, 11) is 1.97. The zero-order valence-corrected chi connectivity index (χ0v) is 14.7. The van der Waals surface area contributed by atoms with E-state index in [1.807, 2.05) is 7.05 Å². The molecule has 26 heavy (non-hydrogen) atoms. The quantitative estimate of drug-likeness (QED) is 0.493. The molecular formula is C19H23N5O2. The molecule has 1 saturated carbocycles. The molecule has 1 aromatic heterocycles. The smallest absolute Gasteiger partial charge is 0.165 e. The molecule has 136 valence electrons. The lowest BCUT2D eigenvalue weighted by atomic mass is 9.93. The maximum absolute atomic E-state index is 10.1. The average Bonchev–Trinajstić information content (AvgIpc) is 2.88. The summed E-state index contributed by atoms with van der Waals surface area (Å²) in [6.45, 7) is 0. The van der Waals surface area contributed by atoms with E-state index in [9.17, 15) is 15.5 Å². The third-order valence-electron chi connectivity index (χ3n) is 5.06. The second-order valence-corrected chi connectivity index (χ2v) is 6.70. The number of aromatic hydroxyl groups is 2. The molecule has 0 spiro atoms. The first-order valence-corrected chi connectivity index (χ1v) is 8.80. The van der Waals surface area contributed by atoms with Crippen LogP contribution in [-0.4, -0.2) is 33.3 Å². The van der Waals surface area contributed by atoms with Gasteiger partial charge in [0, 0.05) is 12.0 Å². The van der Waals surface area contributed by atoms with Gasteiger partial charge < -0.3 is 21.3 Å². The Bertz CT molecular complexity index is 847. The third kappa shape index (κ3) is 3.55. The van der Waals surface area contributed by atoms with Crippen molar-refractivity contribution in [3.8, 4) is 29.0 Å². The predicted octanol–water partition coefficient (Wildman–Crippen LogP) is 2.64. The summed E-state index contributed by atoms with van der Waals surface area (Å²) >= 11 is 0. The lowest BCUT2D eigenvalue weighted by Gasteiger charge is -2.17. The van der Waals surface area contributed by atoms with E-state index in [1.165, 1.54) is 18.2 Å². The lowest BCUT2D eigenvalue weighted by molar-refractivity contribution is 0.461. The second kappa shape index (κ2) is 7.58. The van der Waals surface area contributed by atoms with Crippen LogP contribution >= 0.6 is 0 Å². The normalized spacial score (nSPS) is 20.3. The fraction of sp³-hybridized carbons (Fsp3) is 0.421. The molecule has 2 unspecified atom stereocenters. The van der Waals surface area contributed by atoms with E-state index in [0.29, 0.717) is 22.9 Å². The van der Waals surface area contributed by atoms with Gasteiger partial charge in [-0.05, 0) is 50.9 Å². The van der Waals surface area contributed by atoms with Gasteiger partial charge in [0.1, 0.15) is 28.9 Å². The van der Waals surface area contributed by atoms with E-state index < -0.39 is 0 Å². The topological polar surface area (TPSA) is 128 Å². The van der Waals surface area contributed by atoms with Crippen LogP contribution in [0.2, 0.25) is 0 Å². The number of nitrogens with one attached hydrogen (secondary N) is 1. The third-order valence-corrected chi connectivity index (χ3v) is 5.06. The van der Waals surface area contributed by atoms with Crippen LogP contribution in [0.1, 0.15) is 49.3 Å². The standard InChI is InChI=1S/C19H23N5O2/c1-22-12-4-2-3-11(5-6-12)17-15(10-20)18(21)24-19(23-17)14-9-13(25)7-8-16(14)26/h7-9,11-12,22,25-26H,2-6H2,1H3,(H2,21,23,24).